The van der Waals surface area contributed by atoms with Crippen molar-refractivity contribution in [3.8, 4) is 0 Å². The number of hydrogen-bond acceptors (Lipinski definition) is 3. The van der Waals surface area contributed by atoms with Crippen molar-refractivity contribution in [1.29, 1.82) is 0 Å². The zero-order valence-corrected chi connectivity index (χ0v) is 13.3. The van der Waals surface area contributed by atoms with Gasteiger partial charge in [0.05, 0.1) is 11.5 Å². The Morgan fingerprint density at radius 1 is 1.37 bits per heavy atom. The van der Waals surface area contributed by atoms with Crippen LogP contribution in [0.3, 0.4) is 0 Å². The zero-order valence-electron chi connectivity index (χ0n) is 12.4. The number of carbonyl (C=O) groups is 1. The highest BCUT2D eigenvalue weighted by Crippen LogP contribution is 2.22. The van der Waals surface area contributed by atoms with E-state index in [-0.39, 0.29) is 11.3 Å². The third-order valence-electron chi connectivity index (χ3n) is 3.87. The van der Waals surface area contributed by atoms with Crippen molar-refractivity contribution >= 4 is 23.1 Å². The van der Waals surface area contributed by atoms with E-state index in [0.717, 1.165) is 45.3 Å². The number of rotatable bonds is 7. The van der Waals surface area contributed by atoms with Crippen molar-refractivity contribution < 1.29 is 4.79 Å². The quantitative estimate of drug-likeness (QED) is 0.722. The van der Waals surface area contributed by atoms with Gasteiger partial charge in [-0.2, -0.15) is 0 Å². The first-order valence-electron chi connectivity index (χ1n) is 7.09. The fraction of sp³-hybridized carbons (Fsp3) is 0.857. The Kier molecular flexibility index (Phi) is 6.20. The van der Waals surface area contributed by atoms with Gasteiger partial charge >= 0.3 is 0 Å². The maximum Gasteiger partial charge on any atom is 0.236 e. The standard InChI is InChI=1S/C14H27N3OS/c1-14(2,13(15)19)7-6-8-16(3)11-12(18)17-9-4-5-10-17/h4-11H2,1-3H3,(H2,15,19). The Morgan fingerprint density at radius 2 is 1.95 bits per heavy atom. The molecule has 1 aliphatic heterocycles. The normalized spacial score (nSPS) is 16.1. The molecule has 0 atom stereocenters. The molecule has 1 aliphatic rings. The van der Waals surface area contributed by atoms with E-state index in [0.29, 0.717) is 11.5 Å². The minimum absolute atomic E-state index is 0.0882. The molecule has 0 aromatic heterocycles. The van der Waals surface area contributed by atoms with E-state index < -0.39 is 0 Å². The van der Waals surface area contributed by atoms with Crippen LogP contribution < -0.4 is 5.73 Å². The van der Waals surface area contributed by atoms with Crippen LogP contribution in [0.1, 0.15) is 39.5 Å². The lowest BCUT2D eigenvalue weighted by Crippen LogP contribution is -2.38. The highest BCUT2D eigenvalue weighted by atomic mass is 32.1. The van der Waals surface area contributed by atoms with Gasteiger partial charge in [-0.05, 0) is 39.3 Å². The lowest BCUT2D eigenvalue weighted by Gasteiger charge is -2.25. The van der Waals surface area contributed by atoms with Gasteiger partial charge in [0.2, 0.25) is 5.91 Å². The van der Waals surface area contributed by atoms with Gasteiger partial charge in [0.15, 0.2) is 0 Å². The maximum atomic E-state index is 12.0. The van der Waals surface area contributed by atoms with Crippen molar-refractivity contribution in [2.24, 2.45) is 11.1 Å². The first-order chi connectivity index (χ1) is 8.83. The molecule has 0 bridgehead atoms. The Labute approximate surface area is 122 Å². The molecule has 1 rings (SSSR count). The van der Waals surface area contributed by atoms with Gasteiger partial charge in [-0.25, -0.2) is 0 Å². The molecule has 0 aliphatic carbocycles. The molecule has 110 valence electrons. The van der Waals surface area contributed by atoms with Crippen LogP contribution in [0.15, 0.2) is 0 Å². The van der Waals surface area contributed by atoms with E-state index in [1.807, 2.05) is 11.9 Å². The number of nitrogens with two attached hydrogens (primary N) is 1. The van der Waals surface area contributed by atoms with Gasteiger partial charge in [0, 0.05) is 18.5 Å². The van der Waals surface area contributed by atoms with Crippen molar-refractivity contribution in [1.82, 2.24) is 9.80 Å². The molecule has 1 amide bonds. The molecule has 1 heterocycles. The Hall–Kier alpha value is -0.680. The minimum Gasteiger partial charge on any atom is -0.393 e. The summed E-state index contributed by atoms with van der Waals surface area (Å²) in [5.41, 5.74) is 5.62. The summed E-state index contributed by atoms with van der Waals surface area (Å²) in [4.78, 5) is 16.6. The molecule has 19 heavy (non-hydrogen) atoms. The van der Waals surface area contributed by atoms with Crippen LogP contribution in [0.5, 0.6) is 0 Å². The monoisotopic (exact) mass is 285 g/mol. The third kappa shape index (κ3) is 5.45. The number of likely N-dealkylation sites (tertiary alicyclic amines) is 1. The fourth-order valence-electron chi connectivity index (χ4n) is 2.29. The SMILES string of the molecule is CN(CCCC(C)(C)C(N)=S)CC(=O)N1CCCC1. The van der Waals surface area contributed by atoms with Gasteiger partial charge in [-0.3, -0.25) is 9.69 Å². The van der Waals surface area contributed by atoms with Crippen LogP contribution >= 0.6 is 12.2 Å². The summed E-state index contributed by atoms with van der Waals surface area (Å²) >= 11 is 5.06. The highest BCUT2D eigenvalue weighted by molar-refractivity contribution is 7.80. The molecule has 5 heteroatoms. The summed E-state index contributed by atoms with van der Waals surface area (Å²) in [5.74, 6) is 0.258. The second kappa shape index (κ2) is 7.20. The number of nitrogens with zero attached hydrogens (tertiary/aromatic N) is 2. The molecule has 1 saturated heterocycles. The molecule has 4 nitrogen and oxygen atoms in total. The number of likely N-dealkylation sites (N-methyl/N-ethyl adjacent to an activating group) is 1. The fourth-order valence-corrected chi connectivity index (χ4v) is 2.39. The van der Waals surface area contributed by atoms with Gasteiger partial charge in [-0.1, -0.05) is 26.1 Å². The summed E-state index contributed by atoms with van der Waals surface area (Å²) in [6, 6.07) is 0. The second-order valence-corrected chi connectivity index (χ2v) is 6.62. The molecule has 0 spiro atoms. The maximum absolute atomic E-state index is 12.0. The Balaban J connectivity index is 2.22. The Morgan fingerprint density at radius 3 is 2.47 bits per heavy atom. The van der Waals surface area contributed by atoms with Crippen LogP contribution in [-0.4, -0.2) is 53.9 Å². The summed E-state index contributed by atoms with van der Waals surface area (Å²) in [7, 11) is 2.00. The zero-order chi connectivity index (χ0) is 14.5. The number of carbonyl (C=O) groups excluding carboxylic acids is 1. The van der Waals surface area contributed by atoms with Crippen LogP contribution in [0.25, 0.3) is 0 Å². The van der Waals surface area contributed by atoms with E-state index in [1.54, 1.807) is 0 Å². The van der Waals surface area contributed by atoms with Gasteiger partial charge < -0.3 is 10.6 Å². The van der Waals surface area contributed by atoms with Crippen LogP contribution in [0, 0.1) is 5.41 Å². The van der Waals surface area contributed by atoms with Crippen LogP contribution in [0.4, 0.5) is 0 Å². The molecule has 0 aromatic carbocycles. The van der Waals surface area contributed by atoms with Crippen molar-refractivity contribution in [3.63, 3.8) is 0 Å². The lowest BCUT2D eigenvalue weighted by atomic mass is 9.88. The van der Waals surface area contributed by atoms with E-state index >= 15 is 0 Å². The minimum atomic E-state index is -0.0882. The smallest absolute Gasteiger partial charge is 0.236 e. The molecular weight excluding hydrogens is 258 g/mol. The largest absolute Gasteiger partial charge is 0.393 e. The van der Waals surface area contributed by atoms with Gasteiger partial charge in [0.25, 0.3) is 0 Å². The van der Waals surface area contributed by atoms with Gasteiger partial charge in [0.1, 0.15) is 0 Å². The molecular formula is C14H27N3OS. The Bertz CT molecular complexity index is 325. The van der Waals surface area contributed by atoms with Gasteiger partial charge in [-0.15, -0.1) is 0 Å². The summed E-state index contributed by atoms with van der Waals surface area (Å²) < 4.78 is 0. The topological polar surface area (TPSA) is 49.6 Å². The van der Waals surface area contributed by atoms with Crippen molar-refractivity contribution in [2.45, 2.75) is 39.5 Å². The first kappa shape index (κ1) is 16.4. The average molecular weight is 285 g/mol. The summed E-state index contributed by atoms with van der Waals surface area (Å²) in [6.45, 7) is 7.44. The number of amides is 1. The molecule has 2 N–H and O–H groups in total. The predicted molar refractivity (Wildman–Crippen MR) is 83.1 cm³/mol. The molecule has 0 aromatic rings. The van der Waals surface area contributed by atoms with E-state index in [2.05, 4.69) is 18.7 Å². The van der Waals surface area contributed by atoms with Crippen LogP contribution in [0.2, 0.25) is 0 Å². The average Bonchev–Trinajstić information content (AvgIpc) is 2.81. The molecule has 0 saturated carbocycles. The summed E-state index contributed by atoms with van der Waals surface area (Å²) in [6.07, 6.45) is 4.27. The third-order valence-corrected chi connectivity index (χ3v) is 4.43. The first-order valence-corrected chi connectivity index (χ1v) is 7.50. The van der Waals surface area contributed by atoms with Crippen molar-refractivity contribution in [3.05, 3.63) is 0 Å². The second-order valence-electron chi connectivity index (χ2n) is 6.18. The van der Waals surface area contributed by atoms with Crippen LogP contribution in [-0.2, 0) is 4.79 Å². The molecule has 0 radical (unpaired) electrons. The number of hydrogen-bond donors (Lipinski definition) is 1. The van der Waals surface area contributed by atoms with Crippen molar-refractivity contribution in [2.75, 3.05) is 33.2 Å². The lowest BCUT2D eigenvalue weighted by molar-refractivity contribution is -0.131. The highest BCUT2D eigenvalue weighted by Gasteiger charge is 2.22. The van der Waals surface area contributed by atoms with E-state index in [4.69, 9.17) is 18.0 Å². The molecule has 0 unspecified atom stereocenters. The van der Waals surface area contributed by atoms with E-state index in [9.17, 15) is 4.79 Å². The molecule has 1 fully saturated rings. The number of thiocarbonyl (C=S) groups is 1. The predicted octanol–water partition coefficient (Wildman–Crippen LogP) is 1.63. The van der Waals surface area contributed by atoms with E-state index in [1.165, 1.54) is 0 Å². The summed E-state index contributed by atoms with van der Waals surface area (Å²) in [5, 5.41) is 0.